The van der Waals surface area contributed by atoms with Crippen molar-refractivity contribution in [1.82, 2.24) is 9.88 Å². The number of aromatic nitrogens is 1. The number of pyridine rings is 1. The Labute approximate surface area is 181 Å². The summed E-state index contributed by atoms with van der Waals surface area (Å²) in [4.78, 5) is 55.8. The maximum atomic E-state index is 13.0. The van der Waals surface area contributed by atoms with Crippen LogP contribution in [0, 0.1) is 0 Å². The Balaban J connectivity index is 0.00000256. The zero-order valence-electron chi connectivity index (χ0n) is 16.2. The first-order valence-corrected chi connectivity index (χ1v) is 9.38. The van der Waals surface area contributed by atoms with Gasteiger partial charge in [-0.25, -0.2) is 0 Å². The first-order chi connectivity index (χ1) is 14.0. The van der Waals surface area contributed by atoms with Crippen LogP contribution in [0.3, 0.4) is 0 Å². The number of carbonyl (C=O) groups excluding carboxylic acids is 2. The molecule has 3 aromatic rings. The number of anilines is 1. The summed E-state index contributed by atoms with van der Waals surface area (Å²) < 4.78 is 0. The summed E-state index contributed by atoms with van der Waals surface area (Å²) >= 11 is 0. The van der Waals surface area contributed by atoms with Crippen molar-refractivity contribution < 1.29 is 26.7 Å². The minimum Gasteiger partial charge on any atom is -0.287 e. The monoisotopic (exact) mass is 453 g/mol. The summed E-state index contributed by atoms with van der Waals surface area (Å²) in [6.45, 7) is 3.84. The van der Waals surface area contributed by atoms with E-state index in [0.717, 1.165) is 0 Å². The second-order valence-corrected chi connectivity index (χ2v) is 6.81. The van der Waals surface area contributed by atoms with Crippen molar-refractivity contribution >= 4 is 28.4 Å². The van der Waals surface area contributed by atoms with E-state index in [9.17, 15) is 19.2 Å². The third kappa shape index (κ3) is 3.16. The van der Waals surface area contributed by atoms with Crippen molar-refractivity contribution in [2.75, 3.05) is 5.43 Å². The minimum absolute atomic E-state index is 0. The number of rotatable bonds is 5. The van der Waals surface area contributed by atoms with Gasteiger partial charge < -0.3 is 0 Å². The molecule has 2 heterocycles. The molecule has 2 amide bonds. The van der Waals surface area contributed by atoms with Gasteiger partial charge in [-0.05, 0) is 37.1 Å². The molecule has 0 saturated carbocycles. The SMILES string of the molecule is CCC(CC)N1C(=O)c2cccc(NN=c3c(=O)c4cccnc4c3=O)c2C1=O.[Cu+2]. The number of hydrogen-bond acceptors (Lipinski definition) is 7. The summed E-state index contributed by atoms with van der Waals surface area (Å²) in [5.41, 5.74) is 2.35. The van der Waals surface area contributed by atoms with Gasteiger partial charge in [0.15, 0.2) is 5.36 Å². The van der Waals surface area contributed by atoms with Gasteiger partial charge >= 0.3 is 17.1 Å². The second kappa shape index (κ2) is 8.30. The van der Waals surface area contributed by atoms with Crippen molar-refractivity contribution in [2.45, 2.75) is 32.7 Å². The predicted octanol–water partition coefficient (Wildman–Crippen LogP) is 1.54. The summed E-state index contributed by atoms with van der Waals surface area (Å²) in [7, 11) is 0. The van der Waals surface area contributed by atoms with Crippen molar-refractivity contribution in [1.29, 1.82) is 0 Å². The van der Waals surface area contributed by atoms with E-state index in [4.69, 9.17) is 0 Å². The summed E-state index contributed by atoms with van der Waals surface area (Å²) in [6, 6.07) is 7.68. The fourth-order valence-electron chi connectivity index (χ4n) is 3.71. The van der Waals surface area contributed by atoms with Crippen LogP contribution >= 0.6 is 0 Å². The third-order valence-electron chi connectivity index (χ3n) is 5.24. The Morgan fingerprint density at radius 1 is 1.00 bits per heavy atom. The average Bonchev–Trinajstić information content (AvgIpc) is 3.14. The molecule has 1 aromatic heterocycles. The van der Waals surface area contributed by atoms with Gasteiger partial charge in [-0.3, -0.25) is 34.5 Å². The van der Waals surface area contributed by atoms with Gasteiger partial charge in [-0.15, -0.1) is 0 Å². The number of benzene rings is 1. The van der Waals surface area contributed by atoms with Gasteiger partial charge in [-0.2, -0.15) is 5.10 Å². The molecule has 1 radical (unpaired) electrons. The van der Waals surface area contributed by atoms with Crippen molar-refractivity contribution in [3.8, 4) is 0 Å². The standard InChI is InChI=1S/C21H18N4O4.Cu/c1-3-11(4-2)25-20(28)12-7-5-9-14(15(12)21(25)29)23-24-17-18(26)13-8-6-10-22-16(13)19(17)27;/h5-11,23H,3-4H2,1-2H3;/q;+2. The number of carbonyl (C=O) groups is 2. The Morgan fingerprint density at radius 3 is 2.40 bits per heavy atom. The molecule has 0 aliphatic carbocycles. The topological polar surface area (TPSA) is 109 Å². The van der Waals surface area contributed by atoms with Crippen LogP contribution in [0.25, 0.3) is 10.9 Å². The molecule has 8 nitrogen and oxygen atoms in total. The average molecular weight is 454 g/mol. The van der Waals surface area contributed by atoms with E-state index in [2.05, 4.69) is 15.5 Å². The van der Waals surface area contributed by atoms with Gasteiger partial charge in [0.05, 0.1) is 22.2 Å². The van der Waals surface area contributed by atoms with Crippen LogP contribution in [0.1, 0.15) is 47.4 Å². The molecule has 155 valence electrons. The second-order valence-electron chi connectivity index (χ2n) is 6.81. The van der Waals surface area contributed by atoms with Gasteiger partial charge in [0.1, 0.15) is 5.52 Å². The van der Waals surface area contributed by atoms with Crippen LogP contribution < -0.4 is 21.6 Å². The molecule has 1 aliphatic heterocycles. The van der Waals surface area contributed by atoms with Gasteiger partial charge in [0.2, 0.25) is 10.9 Å². The number of fused-ring (bicyclic) bond motifs is 2. The van der Waals surface area contributed by atoms with E-state index >= 15 is 0 Å². The smallest absolute Gasteiger partial charge is 0.287 e. The molecule has 9 heteroatoms. The summed E-state index contributed by atoms with van der Waals surface area (Å²) in [5.74, 6) is -0.754. The van der Waals surface area contributed by atoms with Crippen molar-refractivity contribution in [2.24, 2.45) is 5.10 Å². The Bertz CT molecular complexity index is 1260. The molecule has 0 saturated heterocycles. The fraction of sp³-hybridized carbons (Fsp3) is 0.238. The van der Waals surface area contributed by atoms with E-state index in [1.165, 1.54) is 17.2 Å². The molecule has 0 spiro atoms. The Morgan fingerprint density at radius 2 is 1.73 bits per heavy atom. The molecular weight excluding hydrogens is 436 g/mol. The molecule has 1 aliphatic rings. The first-order valence-electron chi connectivity index (χ1n) is 9.38. The molecule has 30 heavy (non-hydrogen) atoms. The van der Waals surface area contributed by atoms with Crippen LogP contribution in [0.5, 0.6) is 0 Å². The molecule has 0 atom stereocenters. The number of nitrogens with zero attached hydrogens (tertiary/aromatic N) is 3. The molecule has 0 bridgehead atoms. The van der Waals surface area contributed by atoms with Crippen LogP contribution in [0.4, 0.5) is 5.69 Å². The van der Waals surface area contributed by atoms with Crippen LogP contribution in [-0.4, -0.2) is 27.7 Å². The summed E-state index contributed by atoms with van der Waals surface area (Å²) in [5, 5.41) is 3.86. The molecule has 2 aromatic carbocycles. The number of imide groups is 1. The van der Waals surface area contributed by atoms with Gasteiger partial charge in [-0.1, -0.05) is 19.9 Å². The van der Waals surface area contributed by atoms with Crippen LogP contribution in [-0.2, 0) is 17.1 Å². The maximum absolute atomic E-state index is 13.0. The number of hydrogen-bond donors (Lipinski definition) is 1. The van der Waals surface area contributed by atoms with E-state index in [-0.39, 0.29) is 62.1 Å². The van der Waals surface area contributed by atoms with Crippen LogP contribution in [0.15, 0.2) is 51.2 Å². The molecule has 1 N–H and O–H groups in total. The van der Waals surface area contributed by atoms with Gasteiger partial charge in [0, 0.05) is 12.2 Å². The van der Waals surface area contributed by atoms with E-state index in [1.807, 2.05) is 13.8 Å². The quantitative estimate of drug-likeness (QED) is 0.356. The molecule has 0 fully saturated rings. The maximum Gasteiger partial charge on any atom is 2.00 e. The first kappa shape index (κ1) is 21.5. The normalized spacial score (nSPS) is 13.8. The van der Waals surface area contributed by atoms with Gasteiger partial charge in [0.25, 0.3) is 11.8 Å². The predicted molar refractivity (Wildman–Crippen MR) is 107 cm³/mol. The Kier molecular flexibility index (Phi) is 5.96. The summed E-state index contributed by atoms with van der Waals surface area (Å²) in [6.07, 6.45) is 2.74. The zero-order chi connectivity index (χ0) is 20.7. The molecular formula is C21H18CuN4O4+2. The Hall–Kier alpha value is -3.16. The molecule has 4 rings (SSSR count). The van der Waals surface area contributed by atoms with E-state index < -0.39 is 16.8 Å². The minimum atomic E-state index is -0.577. The third-order valence-corrected chi connectivity index (χ3v) is 5.24. The van der Waals surface area contributed by atoms with E-state index in [0.29, 0.717) is 12.8 Å². The number of nitrogens with one attached hydrogen (secondary N) is 1. The zero-order valence-corrected chi connectivity index (χ0v) is 17.2. The van der Waals surface area contributed by atoms with Crippen molar-refractivity contribution in [3.63, 3.8) is 0 Å². The van der Waals surface area contributed by atoms with E-state index in [1.54, 1.807) is 24.3 Å². The van der Waals surface area contributed by atoms with Crippen molar-refractivity contribution in [3.05, 3.63) is 73.5 Å². The molecule has 0 unspecified atom stereocenters. The number of amides is 2. The van der Waals surface area contributed by atoms with Crippen LogP contribution in [0.2, 0.25) is 0 Å². The fourth-order valence-corrected chi connectivity index (χ4v) is 3.71. The largest absolute Gasteiger partial charge is 2.00 e.